The maximum absolute atomic E-state index is 12.2. The second kappa shape index (κ2) is 12.6. The summed E-state index contributed by atoms with van der Waals surface area (Å²) in [4.78, 5) is 68.3. The smallest absolute Gasteiger partial charge is 0.322 e. The van der Waals surface area contributed by atoms with Crippen LogP contribution in [-0.4, -0.2) is 85.2 Å². The van der Waals surface area contributed by atoms with Crippen LogP contribution in [0.1, 0.15) is 32.6 Å². The minimum Gasteiger partial charge on any atom is -0.481 e. The first-order valence-corrected chi connectivity index (χ1v) is 9.69. The highest BCUT2D eigenvalue weighted by atomic mass is 32.2. The summed E-state index contributed by atoms with van der Waals surface area (Å²) in [5, 5.41) is 40.2. The van der Waals surface area contributed by atoms with E-state index in [-0.39, 0.29) is 25.0 Å². The number of rotatable bonds is 15. The van der Waals surface area contributed by atoms with Gasteiger partial charge in [0.25, 0.3) is 0 Å². The van der Waals surface area contributed by atoms with Gasteiger partial charge in [0.1, 0.15) is 23.4 Å². The molecule has 14 heteroatoms. The fourth-order valence-corrected chi connectivity index (χ4v) is 3.47. The van der Waals surface area contributed by atoms with Crippen LogP contribution in [0, 0.1) is 0 Å². The van der Waals surface area contributed by atoms with Gasteiger partial charge in [0.05, 0.1) is 6.42 Å². The molecule has 0 spiro atoms. The number of thioether (sulfide) groups is 1. The van der Waals surface area contributed by atoms with Crippen molar-refractivity contribution >= 4 is 47.5 Å². The summed E-state index contributed by atoms with van der Waals surface area (Å²) in [6, 6.07) is -2.69. The third-order valence-electron chi connectivity index (χ3n) is 3.99. The molecule has 0 aromatic rings. The Kier molecular flexibility index (Phi) is 11.4. The number of hydrogen-bond acceptors (Lipinski definition) is 8. The number of hydrogen-bond donors (Lipinski definition) is 7. The zero-order chi connectivity index (χ0) is 23.5. The molecular weight excluding hydrogens is 426 g/mol. The fourth-order valence-electron chi connectivity index (χ4n) is 2.20. The van der Waals surface area contributed by atoms with E-state index in [1.165, 1.54) is 6.92 Å². The van der Waals surface area contributed by atoms with Crippen LogP contribution < -0.4 is 16.4 Å². The van der Waals surface area contributed by atoms with Crippen LogP contribution in [0.2, 0.25) is 0 Å². The number of aliphatic carboxylic acids is 4. The Labute approximate surface area is 175 Å². The van der Waals surface area contributed by atoms with Crippen molar-refractivity contribution in [2.24, 2.45) is 5.73 Å². The summed E-state index contributed by atoms with van der Waals surface area (Å²) in [6.45, 7) is 0.697. The molecule has 3 unspecified atom stereocenters. The molecule has 0 heterocycles. The van der Waals surface area contributed by atoms with Crippen molar-refractivity contribution < 1.29 is 49.2 Å². The first-order chi connectivity index (χ1) is 13.8. The molecule has 0 aromatic carbocycles. The molecule has 0 fully saturated rings. The van der Waals surface area contributed by atoms with E-state index in [1.807, 2.05) is 5.32 Å². The van der Waals surface area contributed by atoms with Crippen molar-refractivity contribution in [3.8, 4) is 0 Å². The fraction of sp³-hybridized carbons (Fsp3) is 0.625. The zero-order valence-electron chi connectivity index (χ0n) is 16.1. The van der Waals surface area contributed by atoms with E-state index in [2.05, 4.69) is 5.32 Å². The highest BCUT2D eigenvalue weighted by molar-refractivity contribution is 8.01. The maximum atomic E-state index is 12.2. The minimum absolute atomic E-state index is 0.0931. The Morgan fingerprint density at radius 1 is 1.03 bits per heavy atom. The standard InChI is InChI=1S/C16H25N3O10S/c1-2-16(15(28)29,5-11(21)22)30-7-9(13(25)18-6-12(23)24)19-10(20)4-3-8(17)14(26)27/h8-9H,2-7,17H2,1H3,(H,18,25)(H,19,20)(H,21,22)(H,23,24)(H,26,27)(H,28,29). The van der Waals surface area contributed by atoms with Crippen molar-refractivity contribution in [2.45, 2.75) is 49.4 Å². The average molecular weight is 451 g/mol. The van der Waals surface area contributed by atoms with E-state index in [0.29, 0.717) is 11.8 Å². The molecule has 0 radical (unpaired) electrons. The van der Waals surface area contributed by atoms with Gasteiger partial charge >= 0.3 is 23.9 Å². The van der Waals surface area contributed by atoms with Crippen molar-refractivity contribution in [3.05, 3.63) is 0 Å². The largest absolute Gasteiger partial charge is 0.481 e. The third-order valence-corrected chi connectivity index (χ3v) is 5.65. The Bertz CT molecular complexity index is 686. The number of nitrogens with two attached hydrogens (primary N) is 1. The summed E-state index contributed by atoms with van der Waals surface area (Å²) in [6.07, 6.45) is -1.42. The van der Waals surface area contributed by atoms with Crippen molar-refractivity contribution in [2.75, 3.05) is 12.3 Å². The molecule has 2 amide bonds. The number of carbonyl (C=O) groups excluding carboxylic acids is 2. The quantitative estimate of drug-likeness (QED) is 0.148. The van der Waals surface area contributed by atoms with Crippen LogP contribution in [-0.2, 0) is 28.8 Å². The molecule has 30 heavy (non-hydrogen) atoms. The zero-order valence-corrected chi connectivity index (χ0v) is 16.9. The normalized spacial score (nSPS) is 14.6. The third kappa shape index (κ3) is 9.56. The van der Waals surface area contributed by atoms with Gasteiger partial charge in [-0.1, -0.05) is 6.92 Å². The number of nitrogens with one attached hydrogen (secondary N) is 2. The van der Waals surface area contributed by atoms with E-state index >= 15 is 0 Å². The minimum atomic E-state index is -1.77. The SMILES string of the molecule is CCC(CC(=O)O)(SCC(NC(=O)CCC(N)C(=O)O)C(=O)NCC(=O)O)C(=O)O. The summed E-state index contributed by atoms with van der Waals surface area (Å²) < 4.78 is -1.77. The van der Waals surface area contributed by atoms with Crippen LogP contribution in [0.15, 0.2) is 0 Å². The van der Waals surface area contributed by atoms with Gasteiger partial charge in [0.2, 0.25) is 11.8 Å². The molecule has 0 aromatic heterocycles. The lowest BCUT2D eigenvalue weighted by molar-refractivity contribution is -0.146. The Morgan fingerprint density at radius 2 is 1.63 bits per heavy atom. The first kappa shape index (κ1) is 27.1. The maximum Gasteiger partial charge on any atom is 0.322 e. The monoisotopic (exact) mass is 451 g/mol. The van der Waals surface area contributed by atoms with Gasteiger partial charge in [0, 0.05) is 12.2 Å². The van der Waals surface area contributed by atoms with Gasteiger partial charge < -0.3 is 36.8 Å². The summed E-state index contributed by atoms with van der Waals surface area (Å²) in [5.74, 6) is -7.52. The van der Waals surface area contributed by atoms with Crippen LogP contribution in [0.5, 0.6) is 0 Å². The Morgan fingerprint density at radius 3 is 2.07 bits per heavy atom. The molecule has 0 aliphatic rings. The topological polar surface area (TPSA) is 233 Å². The highest BCUT2D eigenvalue weighted by Gasteiger charge is 2.41. The molecule has 170 valence electrons. The lowest BCUT2D eigenvalue weighted by Gasteiger charge is -2.28. The molecule has 0 saturated carbocycles. The lowest BCUT2D eigenvalue weighted by atomic mass is 10.0. The average Bonchev–Trinajstić information content (AvgIpc) is 2.65. The molecule has 13 nitrogen and oxygen atoms in total. The van der Waals surface area contributed by atoms with Gasteiger partial charge in [-0.25, -0.2) is 0 Å². The number of carbonyl (C=O) groups is 6. The van der Waals surface area contributed by atoms with E-state index < -0.39 is 65.5 Å². The van der Waals surface area contributed by atoms with Gasteiger partial charge in [-0.15, -0.1) is 11.8 Å². The lowest BCUT2D eigenvalue weighted by Crippen LogP contribution is -2.50. The second-order valence-electron chi connectivity index (χ2n) is 6.25. The van der Waals surface area contributed by atoms with Crippen LogP contribution in [0.3, 0.4) is 0 Å². The van der Waals surface area contributed by atoms with Crippen LogP contribution >= 0.6 is 11.8 Å². The highest BCUT2D eigenvalue weighted by Crippen LogP contribution is 2.33. The Balaban J connectivity index is 5.32. The predicted molar refractivity (Wildman–Crippen MR) is 103 cm³/mol. The molecule has 0 aliphatic carbocycles. The first-order valence-electron chi connectivity index (χ1n) is 8.71. The summed E-state index contributed by atoms with van der Waals surface area (Å²) in [7, 11) is 0. The Hall–Kier alpha value is -2.87. The molecule has 8 N–H and O–H groups in total. The van der Waals surface area contributed by atoms with Crippen molar-refractivity contribution in [1.29, 1.82) is 0 Å². The van der Waals surface area contributed by atoms with Gasteiger partial charge in [-0.3, -0.25) is 28.8 Å². The molecule has 3 atom stereocenters. The van der Waals surface area contributed by atoms with Gasteiger partial charge in [-0.05, 0) is 12.8 Å². The summed E-state index contributed by atoms with van der Waals surface area (Å²) >= 11 is 0.625. The molecule has 0 bridgehead atoms. The molecule has 0 saturated heterocycles. The molecule has 0 aliphatic heterocycles. The van der Waals surface area contributed by atoms with E-state index in [4.69, 9.17) is 21.1 Å². The van der Waals surface area contributed by atoms with Gasteiger partial charge in [-0.2, -0.15) is 0 Å². The van der Waals surface area contributed by atoms with Crippen LogP contribution in [0.25, 0.3) is 0 Å². The number of amides is 2. The van der Waals surface area contributed by atoms with E-state index in [1.54, 1.807) is 0 Å². The molecule has 0 rings (SSSR count). The number of carboxylic acid groups (broad SMARTS) is 4. The van der Waals surface area contributed by atoms with Crippen molar-refractivity contribution in [1.82, 2.24) is 10.6 Å². The second-order valence-corrected chi connectivity index (χ2v) is 7.65. The van der Waals surface area contributed by atoms with Gasteiger partial charge in [0.15, 0.2) is 0 Å². The van der Waals surface area contributed by atoms with Crippen LogP contribution in [0.4, 0.5) is 0 Å². The molecular formula is C16H25N3O10S. The number of carboxylic acids is 4. The predicted octanol–water partition coefficient (Wildman–Crippen LogP) is -1.69. The van der Waals surface area contributed by atoms with Crippen molar-refractivity contribution in [3.63, 3.8) is 0 Å². The van der Waals surface area contributed by atoms with E-state index in [0.717, 1.165) is 0 Å². The summed E-state index contributed by atoms with van der Waals surface area (Å²) in [5.41, 5.74) is 5.30. The van der Waals surface area contributed by atoms with E-state index in [9.17, 15) is 33.9 Å².